The summed E-state index contributed by atoms with van der Waals surface area (Å²) >= 11 is 5.90. The Morgan fingerprint density at radius 1 is 1.47 bits per heavy atom. The van der Waals surface area contributed by atoms with Crippen molar-refractivity contribution in [1.29, 1.82) is 0 Å². The zero-order chi connectivity index (χ0) is 10.8. The van der Waals surface area contributed by atoms with E-state index in [4.69, 9.17) is 17.3 Å². The number of carbonyl (C=O) groups excluding carboxylic acids is 1. The fraction of sp³-hybridized carbons (Fsp3) is 0.300. The lowest BCUT2D eigenvalue weighted by Crippen LogP contribution is -2.48. The molecule has 80 valence electrons. The van der Waals surface area contributed by atoms with Crippen LogP contribution in [0.15, 0.2) is 18.2 Å². The Bertz CT molecular complexity index is 394. The summed E-state index contributed by atoms with van der Waals surface area (Å²) in [6.07, 6.45) is 0. The average molecular weight is 226 g/mol. The van der Waals surface area contributed by atoms with Gasteiger partial charge in [-0.3, -0.25) is 4.79 Å². The van der Waals surface area contributed by atoms with Gasteiger partial charge in [-0.2, -0.15) is 0 Å². The number of hydrogen-bond acceptors (Lipinski definition) is 3. The summed E-state index contributed by atoms with van der Waals surface area (Å²) in [6.45, 7) is 1.84. The van der Waals surface area contributed by atoms with Crippen LogP contribution in [0.1, 0.15) is 0 Å². The lowest BCUT2D eigenvalue weighted by Gasteiger charge is -2.27. The highest BCUT2D eigenvalue weighted by Gasteiger charge is 2.19. The number of nitrogens with one attached hydrogen (secondary N) is 1. The molecule has 1 aromatic carbocycles. The molecule has 15 heavy (non-hydrogen) atoms. The van der Waals surface area contributed by atoms with Crippen LogP contribution in [0.3, 0.4) is 0 Å². The SMILES string of the molecule is Nc1ccc(N2CCNCC2=O)cc1Cl. The van der Waals surface area contributed by atoms with Crippen molar-refractivity contribution in [2.24, 2.45) is 0 Å². The molecule has 1 aliphatic rings. The third-order valence-corrected chi connectivity index (χ3v) is 2.71. The largest absolute Gasteiger partial charge is 0.398 e. The van der Waals surface area contributed by atoms with E-state index in [2.05, 4.69) is 5.32 Å². The summed E-state index contributed by atoms with van der Waals surface area (Å²) in [5.41, 5.74) is 6.94. The average Bonchev–Trinajstić information content (AvgIpc) is 2.23. The van der Waals surface area contributed by atoms with Crippen molar-refractivity contribution in [2.45, 2.75) is 0 Å². The van der Waals surface area contributed by atoms with Crippen LogP contribution in [-0.2, 0) is 4.79 Å². The van der Waals surface area contributed by atoms with Gasteiger partial charge in [-0.05, 0) is 18.2 Å². The van der Waals surface area contributed by atoms with Crippen molar-refractivity contribution < 1.29 is 4.79 Å². The maximum absolute atomic E-state index is 11.6. The Morgan fingerprint density at radius 2 is 2.27 bits per heavy atom. The van der Waals surface area contributed by atoms with Crippen LogP contribution in [0.25, 0.3) is 0 Å². The Balaban J connectivity index is 2.28. The number of carbonyl (C=O) groups is 1. The summed E-state index contributed by atoms with van der Waals surface area (Å²) in [5.74, 6) is 0.0575. The van der Waals surface area contributed by atoms with E-state index in [9.17, 15) is 4.79 Å². The van der Waals surface area contributed by atoms with Gasteiger partial charge in [0.05, 0.1) is 17.3 Å². The molecule has 1 amide bonds. The summed E-state index contributed by atoms with van der Waals surface area (Å²) in [5, 5.41) is 3.50. The number of rotatable bonds is 1. The first-order chi connectivity index (χ1) is 7.18. The number of anilines is 2. The minimum atomic E-state index is 0.0575. The van der Waals surface area contributed by atoms with Crippen LogP contribution >= 0.6 is 11.6 Å². The van der Waals surface area contributed by atoms with Crippen LogP contribution in [-0.4, -0.2) is 25.5 Å². The van der Waals surface area contributed by atoms with E-state index < -0.39 is 0 Å². The van der Waals surface area contributed by atoms with E-state index in [1.165, 1.54) is 0 Å². The maximum Gasteiger partial charge on any atom is 0.240 e. The van der Waals surface area contributed by atoms with Crippen molar-refractivity contribution in [1.82, 2.24) is 5.32 Å². The fourth-order valence-electron chi connectivity index (χ4n) is 1.56. The molecular formula is C10H12ClN3O. The van der Waals surface area contributed by atoms with Crippen LogP contribution < -0.4 is 16.0 Å². The number of nitrogens with zero attached hydrogens (tertiary/aromatic N) is 1. The molecule has 1 aromatic rings. The van der Waals surface area contributed by atoms with Crippen molar-refractivity contribution >= 4 is 28.9 Å². The normalized spacial score (nSPS) is 16.9. The number of halogens is 1. The van der Waals surface area contributed by atoms with Crippen LogP contribution in [0.5, 0.6) is 0 Å². The van der Waals surface area contributed by atoms with Crippen molar-refractivity contribution in [3.63, 3.8) is 0 Å². The molecular weight excluding hydrogens is 214 g/mol. The molecule has 1 aliphatic heterocycles. The quantitative estimate of drug-likeness (QED) is 0.697. The second kappa shape index (κ2) is 4.08. The number of nitrogens with two attached hydrogens (primary N) is 1. The molecule has 1 heterocycles. The number of hydrogen-bond donors (Lipinski definition) is 2. The van der Waals surface area contributed by atoms with Crippen LogP contribution in [0, 0.1) is 0 Å². The molecule has 0 atom stereocenters. The predicted octanol–water partition coefficient (Wildman–Crippen LogP) is 0.858. The number of piperazine rings is 1. The molecule has 0 bridgehead atoms. The molecule has 0 spiro atoms. The molecule has 1 fully saturated rings. The van der Waals surface area contributed by atoms with Crippen molar-refractivity contribution in [3.8, 4) is 0 Å². The number of amides is 1. The molecule has 0 radical (unpaired) electrons. The van der Waals surface area contributed by atoms with Crippen LogP contribution in [0.4, 0.5) is 11.4 Å². The third kappa shape index (κ3) is 2.06. The first kappa shape index (κ1) is 10.3. The molecule has 4 nitrogen and oxygen atoms in total. The summed E-state index contributed by atoms with van der Waals surface area (Å²) in [4.78, 5) is 13.3. The number of nitrogen functional groups attached to an aromatic ring is 1. The van der Waals surface area contributed by atoms with E-state index in [-0.39, 0.29) is 5.91 Å². The van der Waals surface area contributed by atoms with Gasteiger partial charge >= 0.3 is 0 Å². The molecule has 0 aliphatic carbocycles. The molecule has 5 heteroatoms. The molecule has 1 saturated heterocycles. The molecule has 0 saturated carbocycles. The van der Waals surface area contributed by atoms with Gasteiger partial charge in [0, 0.05) is 18.8 Å². The maximum atomic E-state index is 11.6. The van der Waals surface area contributed by atoms with E-state index in [1.54, 1.807) is 17.0 Å². The van der Waals surface area contributed by atoms with Gasteiger partial charge in [-0.1, -0.05) is 11.6 Å². The first-order valence-electron chi connectivity index (χ1n) is 4.74. The van der Waals surface area contributed by atoms with Gasteiger partial charge in [-0.15, -0.1) is 0 Å². The Kier molecular flexibility index (Phi) is 2.79. The van der Waals surface area contributed by atoms with Crippen molar-refractivity contribution in [2.75, 3.05) is 30.3 Å². The fourth-order valence-corrected chi connectivity index (χ4v) is 1.74. The Hall–Kier alpha value is -1.26. The molecule has 0 unspecified atom stereocenters. The highest BCUT2D eigenvalue weighted by molar-refractivity contribution is 6.33. The van der Waals surface area contributed by atoms with E-state index in [0.717, 1.165) is 12.2 Å². The van der Waals surface area contributed by atoms with Gasteiger partial charge in [0.1, 0.15) is 0 Å². The van der Waals surface area contributed by atoms with E-state index >= 15 is 0 Å². The Morgan fingerprint density at radius 3 is 2.93 bits per heavy atom. The minimum absolute atomic E-state index is 0.0575. The molecule has 3 N–H and O–H groups in total. The minimum Gasteiger partial charge on any atom is -0.398 e. The van der Waals surface area contributed by atoms with Crippen LogP contribution in [0.2, 0.25) is 5.02 Å². The zero-order valence-corrected chi connectivity index (χ0v) is 8.92. The van der Waals surface area contributed by atoms with Gasteiger partial charge < -0.3 is 16.0 Å². The number of benzene rings is 1. The smallest absolute Gasteiger partial charge is 0.240 e. The Labute approximate surface area is 93.0 Å². The van der Waals surface area contributed by atoms with Crippen molar-refractivity contribution in [3.05, 3.63) is 23.2 Å². The summed E-state index contributed by atoms with van der Waals surface area (Å²) in [6, 6.07) is 5.25. The third-order valence-electron chi connectivity index (χ3n) is 2.39. The first-order valence-corrected chi connectivity index (χ1v) is 5.12. The zero-order valence-electron chi connectivity index (χ0n) is 8.16. The lowest BCUT2D eigenvalue weighted by atomic mass is 10.2. The highest BCUT2D eigenvalue weighted by Crippen LogP contribution is 2.25. The molecule has 0 aromatic heterocycles. The predicted molar refractivity (Wildman–Crippen MR) is 61.1 cm³/mol. The van der Waals surface area contributed by atoms with Gasteiger partial charge in [0.15, 0.2) is 0 Å². The summed E-state index contributed by atoms with van der Waals surface area (Å²) < 4.78 is 0. The monoisotopic (exact) mass is 225 g/mol. The standard InChI is InChI=1S/C10H12ClN3O/c11-8-5-7(1-2-9(8)12)14-4-3-13-6-10(14)15/h1-2,5,13H,3-4,6,12H2. The highest BCUT2D eigenvalue weighted by atomic mass is 35.5. The van der Waals surface area contributed by atoms with Gasteiger partial charge in [0.2, 0.25) is 5.91 Å². The van der Waals surface area contributed by atoms with E-state index in [1.807, 2.05) is 6.07 Å². The summed E-state index contributed by atoms with van der Waals surface area (Å²) in [7, 11) is 0. The lowest BCUT2D eigenvalue weighted by molar-refractivity contribution is -0.118. The van der Waals surface area contributed by atoms with Gasteiger partial charge in [-0.25, -0.2) is 0 Å². The van der Waals surface area contributed by atoms with Gasteiger partial charge in [0.25, 0.3) is 0 Å². The second-order valence-electron chi connectivity index (χ2n) is 3.43. The topological polar surface area (TPSA) is 58.4 Å². The van der Waals surface area contributed by atoms with E-state index in [0.29, 0.717) is 23.8 Å². The second-order valence-corrected chi connectivity index (χ2v) is 3.84. The molecule has 2 rings (SSSR count).